The van der Waals surface area contributed by atoms with E-state index in [2.05, 4.69) is 15.6 Å². The summed E-state index contributed by atoms with van der Waals surface area (Å²) in [6.07, 6.45) is 7.49. The van der Waals surface area contributed by atoms with Gasteiger partial charge in [0.1, 0.15) is 5.75 Å². The predicted molar refractivity (Wildman–Crippen MR) is 145 cm³/mol. The average molecular weight is 522 g/mol. The van der Waals surface area contributed by atoms with Crippen LogP contribution in [-0.2, 0) is 4.79 Å². The SMILES string of the molecule is CCOc1ccc2nc(NC(=O)c3ccccc3SCC(=O)NC34CC5CC(CC(C5)C3)C4)sc2c1. The Morgan fingerprint density at radius 1 is 1.08 bits per heavy atom. The molecule has 4 aliphatic rings. The zero-order valence-electron chi connectivity index (χ0n) is 20.4. The maximum Gasteiger partial charge on any atom is 0.258 e. The van der Waals surface area contributed by atoms with Crippen LogP contribution in [0, 0.1) is 17.8 Å². The summed E-state index contributed by atoms with van der Waals surface area (Å²) < 4.78 is 6.53. The summed E-state index contributed by atoms with van der Waals surface area (Å²) in [6.45, 7) is 2.55. The van der Waals surface area contributed by atoms with E-state index in [1.807, 2.05) is 43.3 Å². The number of hydrogen-bond donors (Lipinski definition) is 2. The Hall–Kier alpha value is -2.58. The lowest BCUT2D eigenvalue weighted by Crippen LogP contribution is -2.60. The molecule has 4 fully saturated rings. The van der Waals surface area contributed by atoms with Crippen molar-refractivity contribution < 1.29 is 14.3 Å². The third-order valence-corrected chi connectivity index (χ3v) is 9.83. The van der Waals surface area contributed by atoms with Crippen LogP contribution in [0.4, 0.5) is 5.13 Å². The summed E-state index contributed by atoms with van der Waals surface area (Å²) in [4.78, 5) is 31.5. The zero-order chi connectivity index (χ0) is 24.7. The minimum absolute atomic E-state index is 0.0121. The number of carbonyl (C=O) groups excluding carboxylic acids is 2. The van der Waals surface area contributed by atoms with Crippen molar-refractivity contribution in [2.75, 3.05) is 17.7 Å². The highest BCUT2D eigenvalue weighted by molar-refractivity contribution is 8.00. The van der Waals surface area contributed by atoms with Gasteiger partial charge < -0.3 is 10.1 Å². The summed E-state index contributed by atoms with van der Waals surface area (Å²) in [7, 11) is 0. The number of nitrogens with one attached hydrogen (secondary N) is 2. The van der Waals surface area contributed by atoms with Crippen molar-refractivity contribution in [3.05, 3.63) is 48.0 Å². The highest BCUT2D eigenvalue weighted by Crippen LogP contribution is 2.55. The van der Waals surface area contributed by atoms with Crippen LogP contribution in [0.15, 0.2) is 47.4 Å². The minimum Gasteiger partial charge on any atom is -0.494 e. The highest BCUT2D eigenvalue weighted by Gasteiger charge is 2.51. The van der Waals surface area contributed by atoms with Crippen molar-refractivity contribution in [1.29, 1.82) is 0 Å². The van der Waals surface area contributed by atoms with Crippen molar-refractivity contribution in [1.82, 2.24) is 10.3 Å². The fourth-order valence-electron chi connectivity index (χ4n) is 6.90. The van der Waals surface area contributed by atoms with Crippen molar-refractivity contribution >= 4 is 50.3 Å². The van der Waals surface area contributed by atoms with E-state index in [9.17, 15) is 9.59 Å². The van der Waals surface area contributed by atoms with E-state index in [1.54, 1.807) is 6.07 Å². The maximum atomic E-state index is 13.1. The van der Waals surface area contributed by atoms with Crippen molar-refractivity contribution in [2.45, 2.75) is 55.9 Å². The first kappa shape index (κ1) is 23.8. The lowest BCUT2D eigenvalue weighted by Gasteiger charge is -2.56. The molecule has 0 saturated heterocycles. The van der Waals surface area contributed by atoms with Crippen molar-refractivity contribution in [2.24, 2.45) is 17.8 Å². The summed E-state index contributed by atoms with van der Waals surface area (Å²) >= 11 is 2.85. The molecule has 0 unspecified atom stereocenters. The number of rotatable bonds is 8. The van der Waals surface area contributed by atoms with Gasteiger partial charge in [-0.3, -0.25) is 14.9 Å². The van der Waals surface area contributed by atoms with E-state index in [1.165, 1.54) is 42.4 Å². The smallest absolute Gasteiger partial charge is 0.258 e. The van der Waals surface area contributed by atoms with Crippen LogP contribution >= 0.6 is 23.1 Å². The summed E-state index contributed by atoms with van der Waals surface area (Å²) in [5.41, 5.74) is 1.39. The van der Waals surface area contributed by atoms with Crippen LogP contribution in [-0.4, -0.2) is 34.7 Å². The van der Waals surface area contributed by atoms with Gasteiger partial charge in [0, 0.05) is 10.4 Å². The molecule has 2 aromatic carbocycles. The van der Waals surface area contributed by atoms with Gasteiger partial charge in [-0.15, -0.1) is 11.8 Å². The van der Waals surface area contributed by atoms with Crippen LogP contribution in [0.1, 0.15) is 55.8 Å². The molecule has 1 heterocycles. The van der Waals surface area contributed by atoms with Crippen LogP contribution in [0.5, 0.6) is 5.75 Å². The van der Waals surface area contributed by atoms with E-state index in [0.29, 0.717) is 23.1 Å². The molecule has 4 bridgehead atoms. The van der Waals surface area contributed by atoms with Crippen LogP contribution in [0.3, 0.4) is 0 Å². The van der Waals surface area contributed by atoms with Gasteiger partial charge in [-0.25, -0.2) is 4.98 Å². The number of benzene rings is 2. The van der Waals surface area contributed by atoms with Crippen molar-refractivity contribution in [3.63, 3.8) is 0 Å². The van der Waals surface area contributed by atoms with Crippen molar-refractivity contribution in [3.8, 4) is 5.75 Å². The van der Waals surface area contributed by atoms with Gasteiger partial charge in [0.25, 0.3) is 5.91 Å². The first-order valence-corrected chi connectivity index (χ1v) is 14.7. The van der Waals surface area contributed by atoms with Gasteiger partial charge in [-0.1, -0.05) is 23.5 Å². The predicted octanol–water partition coefficient (Wildman–Crippen LogP) is 6.12. The number of fused-ring (bicyclic) bond motifs is 1. The van der Waals surface area contributed by atoms with Gasteiger partial charge in [0.15, 0.2) is 5.13 Å². The summed E-state index contributed by atoms with van der Waals surface area (Å²) in [5.74, 6) is 3.34. The molecule has 4 aliphatic carbocycles. The fraction of sp³-hybridized carbons (Fsp3) is 0.464. The van der Waals surface area contributed by atoms with E-state index in [-0.39, 0.29) is 17.4 Å². The molecule has 7 rings (SSSR count). The topological polar surface area (TPSA) is 80.3 Å². The van der Waals surface area contributed by atoms with E-state index in [4.69, 9.17) is 4.74 Å². The van der Waals surface area contributed by atoms with Gasteiger partial charge in [0.05, 0.1) is 28.1 Å². The number of ether oxygens (including phenoxy) is 1. The number of carbonyl (C=O) groups is 2. The number of hydrogen-bond acceptors (Lipinski definition) is 6. The van der Waals surface area contributed by atoms with Gasteiger partial charge in [-0.2, -0.15) is 0 Å². The molecule has 6 nitrogen and oxygen atoms in total. The number of nitrogens with zero attached hydrogens (tertiary/aromatic N) is 1. The molecule has 2 amide bonds. The van der Waals surface area contributed by atoms with Crippen LogP contribution in [0.25, 0.3) is 10.2 Å². The minimum atomic E-state index is -0.219. The molecule has 1 aromatic heterocycles. The summed E-state index contributed by atoms with van der Waals surface area (Å²) in [6, 6.07) is 13.2. The number of anilines is 1. The molecule has 3 aromatic rings. The molecular weight excluding hydrogens is 490 g/mol. The molecule has 2 N–H and O–H groups in total. The quantitative estimate of drug-likeness (QED) is 0.349. The Morgan fingerprint density at radius 3 is 2.53 bits per heavy atom. The molecule has 36 heavy (non-hydrogen) atoms. The Kier molecular flexibility index (Phi) is 6.42. The molecule has 0 spiro atoms. The maximum absolute atomic E-state index is 13.1. The molecule has 0 atom stereocenters. The second-order valence-electron chi connectivity index (χ2n) is 10.6. The van der Waals surface area contributed by atoms with Gasteiger partial charge >= 0.3 is 0 Å². The first-order chi connectivity index (χ1) is 17.5. The number of amides is 2. The molecule has 188 valence electrons. The van der Waals surface area contributed by atoms with E-state index < -0.39 is 0 Å². The Labute approximate surface area is 219 Å². The lowest BCUT2D eigenvalue weighted by molar-refractivity contribution is -0.124. The Morgan fingerprint density at radius 2 is 1.81 bits per heavy atom. The van der Waals surface area contributed by atoms with Gasteiger partial charge in [-0.05, 0) is 93.5 Å². The zero-order valence-corrected chi connectivity index (χ0v) is 22.1. The molecule has 8 heteroatoms. The summed E-state index contributed by atoms with van der Waals surface area (Å²) in [5, 5.41) is 6.92. The second kappa shape index (κ2) is 9.71. The average Bonchev–Trinajstić information content (AvgIpc) is 3.23. The highest BCUT2D eigenvalue weighted by atomic mass is 32.2. The lowest BCUT2D eigenvalue weighted by atomic mass is 9.53. The standard InChI is InChI=1S/C28H31N3O3S2/c1-2-34-20-7-8-22-24(12-20)36-27(29-22)30-26(33)21-5-3-4-6-23(21)35-16-25(32)31-28-13-17-9-18(14-28)11-19(10-17)15-28/h3-8,12,17-19H,2,9-11,13-16H2,1H3,(H,31,32)(H,29,30,33). The third kappa shape index (κ3) is 4.85. The molecule has 4 saturated carbocycles. The monoisotopic (exact) mass is 521 g/mol. The molecule has 0 radical (unpaired) electrons. The number of aromatic nitrogens is 1. The number of thioether (sulfide) groups is 1. The number of thiazole rings is 1. The molecular formula is C28H31N3O3S2. The first-order valence-electron chi connectivity index (χ1n) is 12.9. The Balaban J connectivity index is 1.10. The largest absolute Gasteiger partial charge is 0.494 e. The third-order valence-electron chi connectivity index (χ3n) is 7.82. The Bertz CT molecular complexity index is 1270. The fourth-order valence-corrected chi connectivity index (χ4v) is 8.64. The van der Waals surface area contributed by atoms with E-state index >= 15 is 0 Å². The van der Waals surface area contributed by atoms with Gasteiger partial charge in [0.2, 0.25) is 5.91 Å². The molecule has 0 aliphatic heterocycles. The normalized spacial score (nSPS) is 26.2. The second-order valence-corrected chi connectivity index (χ2v) is 12.6. The van der Waals surface area contributed by atoms with E-state index in [0.717, 1.165) is 57.9 Å². The van der Waals surface area contributed by atoms with Crippen LogP contribution < -0.4 is 15.4 Å². The van der Waals surface area contributed by atoms with Crippen LogP contribution in [0.2, 0.25) is 0 Å².